The minimum atomic E-state index is -0.376. The predicted molar refractivity (Wildman–Crippen MR) is 134 cm³/mol. The highest BCUT2D eigenvalue weighted by Gasteiger charge is 2.71. The number of hydrogen-bond acceptors (Lipinski definition) is 5. The van der Waals surface area contributed by atoms with E-state index in [1.54, 1.807) is 0 Å². The van der Waals surface area contributed by atoms with Crippen LogP contribution in [0.1, 0.15) is 85.5 Å². The molecule has 1 N–H and O–H groups in total. The molecule has 1 spiro atoms. The number of hydrogen-bond donors (Lipinski definition) is 1. The Morgan fingerprint density at radius 2 is 1.79 bits per heavy atom. The Morgan fingerprint density at radius 3 is 2.50 bits per heavy atom. The first kappa shape index (κ1) is 23.7. The number of aliphatic hydroxyl groups excluding tert-OH is 1. The van der Waals surface area contributed by atoms with Crippen molar-refractivity contribution in [2.24, 2.45) is 57.4 Å². The van der Waals surface area contributed by atoms with E-state index < -0.39 is 0 Å². The van der Waals surface area contributed by atoms with Crippen LogP contribution in [0.3, 0.4) is 0 Å². The van der Waals surface area contributed by atoms with E-state index in [9.17, 15) is 5.11 Å². The molecule has 5 nitrogen and oxygen atoms in total. The predicted octanol–water partition coefficient (Wildman–Crippen LogP) is 5.32. The van der Waals surface area contributed by atoms with Crippen LogP contribution < -0.4 is 0 Å². The van der Waals surface area contributed by atoms with Crippen molar-refractivity contribution in [2.75, 3.05) is 20.7 Å². The molecule has 6 aliphatic rings. The normalized spacial score (nSPS) is 57.7. The number of nitrogens with zero attached hydrogens (tertiary/aromatic N) is 2. The lowest BCUT2D eigenvalue weighted by molar-refractivity contribution is -0.272. The molecule has 0 amide bonds. The van der Waals surface area contributed by atoms with Gasteiger partial charge in [0.1, 0.15) is 0 Å². The number of fused-ring (bicyclic) bond motifs is 7. The van der Waals surface area contributed by atoms with Gasteiger partial charge >= 0.3 is 0 Å². The number of aliphatic hydroxyl groups is 1. The molecule has 0 aromatic rings. The molecule has 192 valence electrons. The van der Waals surface area contributed by atoms with Gasteiger partial charge in [-0.25, -0.2) is 0 Å². The molecule has 0 aromatic heterocycles. The van der Waals surface area contributed by atoms with Gasteiger partial charge in [0.15, 0.2) is 5.79 Å². The van der Waals surface area contributed by atoms with Gasteiger partial charge in [-0.2, -0.15) is 5.10 Å². The Hall–Kier alpha value is -0.650. The van der Waals surface area contributed by atoms with Crippen molar-refractivity contribution >= 4 is 5.71 Å². The zero-order chi connectivity index (χ0) is 24.0. The summed E-state index contributed by atoms with van der Waals surface area (Å²) in [4.78, 5) is 0. The number of hydrazone groups is 1. The van der Waals surface area contributed by atoms with Crippen LogP contribution in [0.4, 0.5) is 0 Å². The topological polar surface area (TPSA) is 54.3 Å². The summed E-state index contributed by atoms with van der Waals surface area (Å²) in [6.45, 7) is 10.7. The SMILES string of the molecule is CC1CC[C@@]2(OC1)OC1C[C@H]3[C@@H]4CCC5CC(O)CC[C@]5(C)[C@H]4C/C(=N\N(C)C)[C@]3(C)C1[C@@H]2C. The molecule has 12 atom stereocenters. The van der Waals surface area contributed by atoms with Crippen molar-refractivity contribution in [1.29, 1.82) is 0 Å². The fraction of sp³-hybridized carbons (Fsp3) is 0.966. The molecule has 2 heterocycles. The standard InChI is InChI=1S/C29H48N2O3/c1-17-9-12-29(33-16-17)18(2)26-24(34-29)14-23-21-8-7-19-13-20(32)10-11-27(19,3)22(21)15-25(28(23,26)4)30-31(5)6/h17-24,26,32H,7-16H2,1-6H3/b30-25+/t17?,18-,19?,20?,21+,22-,23-,24?,26?,27-,28+,29+/m0/s1. The summed E-state index contributed by atoms with van der Waals surface area (Å²) in [5, 5.41) is 17.8. The lowest BCUT2D eigenvalue weighted by atomic mass is 9.44. The van der Waals surface area contributed by atoms with Crippen molar-refractivity contribution in [2.45, 2.75) is 103 Å². The Bertz CT molecular complexity index is 835. The molecule has 0 bridgehead atoms. The van der Waals surface area contributed by atoms with E-state index in [-0.39, 0.29) is 17.3 Å². The van der Waals surface area contributed by atoms with E-state index >= 15 is 0 Å². The van der Waals surface area contributed by atoms with Crippen molar-refractivity contribution in [3.05, 3.63) is 0 Å². The van der Waals surface area contributed by atoms with Gasteiger partial charge in [0.25, 0.3) is 0 Å². The van der Waals surface area contributed by atoms with Crippen LogP contribution in [-0.4, -0.2) is 54.5 Å². The second kappa shape index (κ2) is 7.92. The molecule has 5 heteroatoms. The zero-order valence-electron chi connectivity index (χ0n) is 22.4. The minimum Gasteiger partial charge on any atom is -0.393 e. The van der Waals surface area contributed by atoms with E-state index in [1.165, 1.54) is 37.8 Å². The zero-order valence-corrected chi connectivity index (χ0v) is 22.4. The van der Waals surface area contributed by atoms with E-state index in [4.69, 9.17) is 14.6 Å². The van der Waals surface area contributed by atoms with Gasteiger partial charge in [0.2, 0.25) is 0 Å². The summed E-state index contributed by atoms with van der Waals surface area (Å²) in [6.07, 6.45) is 10.5. The molecule has 4 saturated carbocycles. The summed E-state index contributed by atoms with van der Waals surface area (Å²) in [7, 11) is 4.18. The van der Waals surface area contributed by atoms with Crippen molar-refractivity contribution in [1.82, 2.24) is 5.01 Å². The van der Waals surface area contributed by atoms with Gasteiger partial charge in [-0.05, 0) is 86.4 Å². The van der Waals surface area contributed by atoms with Gasteiger partial charge in [0, 0.05) is 43.5 Å². The Labute approximate surface area is 207 Å². The maximum Gasteiger partial charge on any atom is 0.171 e. The third-order valence-electron chi connectivity index (χ3n) is 12.1. The van der Waals surface area contributed by atoms with Crippen LogP contribution in [-0.2, 0) is 9.47 Å². The van der Waals surface area contributed by atoms with Crippen LogP contribution in [0.15, 0.2) is 5.10 Å². The van der Waals surface area contributed by atoms with Crippen LogP contribution in [0.5, 0.6) is 0 Å². The summed E-state index contributed by atoms with van der Waals surface area (Å²) in [5.74, 6) is 3.91. The van der Waals surface area contributed by atoms with Crippen LogP contribution >= 0.6 is 0 Å². The monoisotopic (exact) mass is 472 g/mol. The summed E-state index contributed by atoms with van der Waals surface area (Å²) in [5.41, 5.74) is 1.86. The van der Waals surface area contributed by atoms with Gasteiger partial charge in [-0.15, -0.1) is 0 Å². The first-order chi connectivity index (χ1) is 16.1. The first-order valence-electron chi connectivity index (χ1n) is 14.3. The highest BCUT2D eigenvalue weighted by Crippen LogP contribution is 2.70. The smallest absolute Gasteiger partial charge is 0.171 e. The van der Waals surface area contributed by atoms with Gasteiger partial charge < -0.3 is 19.6 Å². The van der Waals surface area contributed by atoms with E-state index in [1.807, 2.05) is 5.01 Å². The first-order valence-corrected chi connectivity index (χ1v) is 14.3. The molecule has 6 fully saturated rings. The third kappa shape index (κ3) is 3.18. The lowest BCUT2D eigenvalue weighted by Gasteiger charge is -2.61. The Balaban J connectivity index is 1.37. The molecule has 0 aromatic carbocycles. The van der Waals surface area contributed by atoms with Crippen molar-refractivity contribution in [3.8, 4) is 0 Å². The summed E-state index contributed by atoms with van der Waals surface area (Å²) >= 11 is 0. The van der Waals surface area contributed by atoms with Crippen LogP contribution in [0.2, 0.25) is 0 Å². The highest BCUT2D eigenvalue weighted by atomic mass is 16.7. The molecule has 0 radical (unpaired) electrons. The molecule has 5 unspecified atom stereocenters. The highest BCUT2D eigenvalue weighted by molar-refractivity contribution is 5.92. The molecule has 6 rings (SSSR count). The van der Waals surface area contributed by atoms with Crippen LogP contribution in [0.25, 0.3) is 0 Å². The fourth-order valence-electron chi connectivity index (χ4n) is 10.3. The Kier molecular flexibility index (Phi) is 5.53. The molecule has 34 heavy (non-hydrogen) atoms. The average molecular weight is 473 g/mol. The van der Waals surface area contributed by atoms with Gasteiger partial charge in [-0.1, -0.05) is 27.7 Å². The molecule has 2 aliphatic heterocycles. The van der Waals surface area contributed by atoms with Crippen molar-refractivity contribution < 1.29 is 14.6 Å². The van der Waals surface area contributed by atoms with Gasteiger partial charge in [0.05, 0.1) is 18.8 Å². The second-order valence-corrected chi connectivity index (χ2v) is 13.9. The third-order valence-corrected chi connectivity index (χ3v) is 12.1. The quantitative estimate of drug-likeness (QED) is 0.525. The fourth-order valence-corrected chi connectivity index (χ4v) is 10.3. The molecular weight excluding hydrogens is 424 g/mol. The summed E-state index contributed by atoms with van der Waals surface area (Å²) in [6, 6.07) is 0. The maximum atomic E-state index is 10.4. The maximum absolute atomic E-state index is 10.4. The summed E-state index contributed by atoms with van der Waals surface area (Å²) < 4.78 is 13.5. The number of rotatable bonds is 1. The molecule has 2 saturated heterocycles. The van der Waals surface area contributed by atoms with Crippen LogP contribution in [0, 0.1) is 52.3 Å². The molecule has 4 aliphatic carbocycles. The van der Waals surface area contributed by atoms with Gasteiger partial charge in [-0.3, -0.25) is 0 Å². The Morgan fingerprint density at radius 1 is 1.00 bits per heavy atom. The lowest BCUT2D eigenvalue weighted by Crippen LogP contribution is -2.58. The molecular formula is C29H48N2O3. The average Bonchev–Trinajstić information content (AvgIpc) is 3.23. The number of ether oxygens (including phenoxy) is 2. The largest absolute Gasteiger partial charge is 0.393 e. The minimum absolute atomic E-state index is 0.0861. The van der Waals surface area contributed by atoms with E-state index in [2.05, 4.69) is 41.8 Å². The van der Waals surface area contributed by atoms with E-state index in [0.717, 1.165) is 38.2 Å². The van der Waals surface area contributed by atoms with Crippen molar-refractivity contribution in [3.63, 3.8) is 0 Å². The van der Waals surface area contributed by atoms with E-state index in [0.29, 0.717) is 47.0 Å². The second-order valence-electron chi connectivity index (χ2n) is 13.9.